The smallest absolute Gasteiger partial charge is 0.0465 e. The van der Waals surface area contributed by atoms with Crippen molar-refractivity contribution >= 4 is 17.1 Å². The van der Waals surface area contributed by atoms with Crippen LogP contribution < -0.4 is 4.90 Å². The van der Waals surface area contributed by atoms with Gasteiger partial charge in [-0.05, 0) is 143 Å². The van der Waals surface area contributed by atoms with Crippen LogP contribution in [0.2, 0.25) is 0 Å². The molecule has 0 atom stereocenters. The first-order chi connectivity index (χ1) is 31.0. The Hall–Kier alpha value is -7.22. The quantitative estimate of drug-likeness (QED) is 0.161. The Morgan fingerprint density at radius 1 is 0.250 bits per heavy atom. The minimum Gasteiger partial charge on any atom is -0.310 e. The van der Waals surface area contributed by atoms with Crippen molar-refractivity contribution in [2.75, 3.05) is 4.90 Å². The van der Waals surface area contributed by atoms with E-state index >= 15 is 0 Å². The number of benzene rings is 9. The van der Waals surface area contributed by atoms with Crippen molar-refractivity contribution in [1.29, 1.82) is 0 Å². The molecule has 1 nitrogen and oxygen atoms in total. The molecule has 3 aliphatic rings. The largest absolute Gasteiger partial charge is 0.310 e. The Balaban J connectivity index is 0.947. The van der Waals surface area contributed by atoms with Crippen LogP contribution in [0.3, 0.4) is 0 Å². The van der Waals surface area contributed by atoms with Gasteiger partial charge in [0.1, 0.15) is 0 Å². The Morgan fingerprint density at radius 3 is 1.20 bits per heavy atom. The van der Waals surface area contributed by atoms with Gasteiger partial charge >= 0.3 is 0 Å². The van der Waals surface area contributed by atoms with Gasteiger partial charge in [-0.15, -0.1) is 0 Å². The summed E-state index contributed by atoms with van der Waals surface area (Å²) < 4.78 is 0. The molecule has 0 saturated carbocycles. The molecule has 3 aliphatic carbocycles. The molecule has 0 heterocycles. The zero-order valence-corrected chi connectivity index (χ0v) is 37.5. The average molecular weight is 822 g/mol. The molecular formula is C63H51N. The van der Waals surface area contributed by atoms with Crippen LogP contribution in [0.1, 0.15) is 74.9 Å². The number of hydrogen-bond donors (Lipinski definition) is 0. The van der Waals surface area contributed by atoms with E-state index in [0.717, 1.165) is 17.1 Å². The Bertz CT molecular complexity index is 3340. The summed E-state index contributed by atoms with van der Waals surface area (Å²) in [6, 6.07) is 75.1. The third kappa shape index (κ3) is 5.56. The van der Waals surface area contributed by atoms with Gasteiger partial charge in [-0.2, -0.15) is 0 Å². The minimum atomic E-state index is -0.112. The molecule has 0 spiro atoms. The average Bonchev–Trinajstić information content (AvgIpc) is 3.82. The van der Waals surface area contributed by atoms with Crippen molar-refractivity contribution in [3.63, 3.8) is 0 Å². The second-order valence-corrected chi connectivity index (χ2v) is 19.7. The predicted octanol–water partition coefficient (Wildman–Crippen LogP) is 17.1. The summed E-state index contributed by atoms with van der Waals surface area (Å²) >= 11 is 0. The zero-order chi connectivity index (χ0) is 43.5. The molecule has 1 heteroatoms. The first-order valence-electron chi connectivity index (χ1n) is 22.8. The molecule has 12 rings (SSSR count). The van der Waals surface area contributed by atoms with Crippen LogP contribution in [-0.4, -0.2) is 0 Å². The van der Waals surface area contributed by atoms with Crippen molar-refractivity contribution < 1.29 is 0 Å². The van der Waals surface area contributed by atoms with Crippen LogP contribution >= 0.6 is 0 Å². The maximum Gasteiger partial charge on any atom is 0.0465 e. The van der Waals surface area contributed by atoms with E-state index in [9.17, 15) is 0 Å². The van der Waals surface area contributed by atoms with Crippen molar-refractivity contribution in [3.05, 3.63) is 234 Å². The SMILES string of the molecule is CC1(C)c2ccccc2-c2ccc(-c3ccc(N(c4ccc(-c5ccccc5-c5cccc6c5C(C)(C)c5ccccc5-6)cc4)c4ccc5c(c4)C(C)(C)c4ccccc4-5)cc3)cc21. The molecule has 9 aromatic rings. The third-order valence-corrected chi connectivity index (χ3v) is 15.1. The first-order valence-corrected chi connectivity index (χ1v) is 22.8. The van der Waals surface area contributed by atoms with Crippen molar-refractivity contribution in [2.45, 2.75) is 57.8 Å². The van der Waals surface area contributed by atoms with Crippen LogP contribution in [0.15, 0.2) is 200 Å². The number of anilines is 3. The van der Waals surface area contributed by atoms with Gasteiger partial charge in [-0.1, -0.05) is 199 Å². The molecular weight excluding hydrogens is 771 g/mol. The van der Waals surface area contributed by atoms with E-state index in [4.69, 9.17) is 0 Å². The first kappa shape index (κ1) is 38.5. The van der Waals surface area contributed by atoms with E-state index in [0.29, 0.717) is 0 Å². The predicted molar refractivity (Wildman–Crippen MR) is 270 cm³/mol. The molecule has 64 heavy (non-hydrogen) atoms. The van der Waals surface area contributed by atoms with Crippen LogP contribution in [0.5, 0.6) is 0 Å². The molecule has 308 valence electrons. The fraction of sp³-hybridized carbons (Fsp3) is 0.143. The minimum absolute atomic E-state index is 0.0457. The van der Waals surface area contributed by atoms with Gasteiger partial charge in [0.25, 0.3) is 0 Å². The summed E-state index contributed by atoms with van der Waals surface area (Å²) in [6.07, 6.45) is 0. The van der Waals surface area contributed by atoms with E-state index < -0.39 is 0 Å². The molecule has 9 aromatic carbocycles. The number of rotatable bonds is 6. The lowest BCUT2D eigenvalue weighted by Crippen LogP contribution is -2.16. The highest BCUT2D eigenvalue weighted by atomic mass is 15.1. The summed E-state index contributed by atoms with van der Waals surface area (Å²) in [6.45, 7) is 14.2. The number of fused-ring (bicyclic) bond motifs is 9. The lowest BCUT2D eigenvalue weighted by Gasteiger charge is -2.28. The van der Waals surface area contributed by atoms with Crippen LogP contribution in [0.25, 0.3) is 66.8 Å². The summed E-state index contributed by atoms with van der Waals surface area (Å²) in [7, 11) is 0. The van der Waals surface area contributed by atoms with E-state index in [1.165, 1.54) is 100 Å². The molecule has 0 aromatic heterocycles. The van der Waals surface area contributed by atoms with Gasteiger partial charge in [0, 0.05) is 33.3 Å². The molecule has 0 radical (unpaired) electrons. The molecule has 0 bridgehead atoms. The van der Waals surface area contributed by atoms with Crippen LogP contribution in [-0.2, 0) is 16.2 Å². The third-order valence-electron chi connectivity index (χ3n) is 15.1. The summed E-state index contributed by atoms with van der Waals surface area (Å²) in [4.78, 5) is 2.44. The highest BCUT2D eigenvalue weighted by molar-refractivity contribution is 5.94. The number of nitrogens with zero attached hydrogens (tertiary/aromatic N) is 1. The normalized spacial score (nSPS) is 15.1. The molecule has 0 amide bonds. The molecule has 0 unspecified atom stereocenters. The highest BCUT2D eigenvalue weighted by Gasteiger charge is 2.39. The number of hydrogen-bond acceptors (Lipinski definition) is 1. The van der Waals surface area contributed by atoms with Gasteiger partial charge in [0.2, 0.25) is 0 Å². The molecule has 0 aliphatic heterocycles. The van der Waals surface area contributed by atoms with Gasteiger partial charge in [0.05, 0.1) is 0 Å². The van der Waals surface area contributed by atoms with Crippen LogP contribution in [0.4, 0.5) is 17.1 Å². The molecule has 0 fully saturated rings. The van der Waals surface area contributed by atoms with E-state index in [1.54, 1.807) is 0 Å². The zero-order valence-electron chi connectivity index (χ0n) is 37.5. The monoisotopic (exact) mass is 821 g/mol. The second kappa shape index (κ2) is 13.9. The Labute approximate surface area is 378 Å². The van der Waals surface area contributed by atoms with E-state index in [2.05, 4.69) is 247 Å². The summed E-state index contributed by atoms with van der Waals surface area (Å²) in [5, 5.41) is 0. The fourth-order valence-corrected chi connectivity index (χ4v) is 11.8. The lowest BCUT2D eigenvalue weighted by molar-refractivity contribution is 0.660. The molecule has 0 N–H and O–H groups in total. The van der Waals surface area contributed by atoms with Gasteiger partial charge in [-0.25, -0.2) is 0 Å². The van der Waals surface area contributed by atoms with Crippen molar-refractivity contribution in [3.8, 4) is 66.8 Å². The van der Waals surface area contributed by atoms with Gasteiger partial charge in [0.15, 0.2) is 0 Å². The maximum absolute atomic E-state index is 2.44. The standard InChI is InChI=1S/C63H51N/c1-61(2)55-23-12-9-18-48(55)51-36-30-42(38-58(51)61)40-26-31-43(32-27-40)64(45-35-37-52-49-19-10-13-24-56(49)62(3,4)59(52)39-45)44-33-28-41(29-34-44)46-16-7-8-17-47(46)53-21-15-22-54-50-20-11-14-25-57(50)63(5,6)60(53)54/h7-39H,1-6H3. The van der Waals surface area contributed by atoms with Crippen LogP contribution in [0, 0.1) is 0 Å². The van der Waals surface area contributed by atoms with E-state index in [1.807, 2.05) is 0 Å². The Morgan fingerprint density at radius 2 is 0.625 bits per heavy atom. The van der Waals surface area contributed by atoms with Crippen molar-refractivity contribution in [2.24, 2.45) is 0 Å². The molecule has 0 saturated heterocycles. The van der Waals surface area contributed by atoms with Gasteiger partial charge in [-0.3, -0.25) is 0 Å². The highest BCUT2D eigenvalue weighted by Crippen LogP contribution is 2.54. The topological polar surface area (TPSA) is 3.24 Å². The lowest BCUT2D eigenvalue weighted by atomic mass is 9.78. The maximum atomic E-state index is 2.44. The summed E-state index contributed by atoms with van der Waals surface area (Å²) in [5.74, 6) is 0. The van der Waals surface area contributed by atoms with Gasteiger partial charge < -0.3 is 4.90 Å². The second-order valence-electron chi connectivity index (χ2n) is 19.7. The fourth-order valence-electron chi connectivity index (χ4n) is 11.8. The van der Waals surface area contributed by atoms with E-state index in [-0.39, 0.29) is 16.2 Å². The van der Waals surface area contributed by atoms with Crippen molar-refractivity contribution in [1.82, 2.24) is 0 Å². The Kier molecular flexibility index (Phi) is 8.35. The summed E-state index contributed by atoms with van der Waals surface area (Å²) in [5.41, 5.74) is 27.0.